The fourth-order valence-electron chi connectivity index (χ4n) is 4.18. The molecule has 2 aromatic carbocycles. The summed E-state index contributed by atoms with van der Waals surface area (Å²) in [5.41, 5.74) is 2.13. The third kappa shape index (κ3) is 3.92. The van der Waals surface area contributed by atoms with Crippen LogP contribution in [-0.2, 0) is 16.0 Å². The number of halogens is 1. The van der Waals surface area contributed by atoms with Gasteiger partial charge in [-0.15, -0.1) is 0 Å². The van der Waals surface area contributed by atoms with Gasteiger partial charge in [0.05, 0.1) is 32.6 Å². The average molecular weight is 382 g/mol. The number of amides is 2. The Bertz CT molecular complexity index is 833. The zero-order valence-corrected chi connectivity index (χ0v) is 15.8. The maximum Gasteiger partial charge on any atom is 0.288 e. The monoisotopic (exact) mass is 382 g/mol. The number of imide groups is 1. The molecule has 2 heterocycles. The number of anilines is 1. The van der Waals surface area contributed by atoms with Gasteiger partial charge in [0, 0.05) is 12.2 Å². The highest BCUT2D eigenvalue weighted by molar-refractivity contribution is 6.04. The molecule has 0 unspecified atom stereocenters. The van der Waals surface area contributed by atoms with Crippen LogP contribution in [0, 0.1) is 5.82 Å². The van der Waals surface area contributed by atoms with Gasteiger partial charge in [-0.25, -0.2) is 4.39 Å². The minimum absolute atomic E-state index is 0.0360. The summed E-state index contributed by atoms with van der Waals surface area (Å²) in [6.45, 7) is 3.64. The lowest BCUT2D eigenvalue weighted by Gasteiger charge is -2.35. The van der Waals surface area contributed by atoms with Crippen molar-refractivity contribution in [2.24, 2.45) is 0 Å². The summed E-state index contributed by atoms with van der Waals surface area (Å²) < 4.78 is 13.1. The van der Waals surface area contributed by atoms with Crippen molar-refractivity contribution in [3.8, 4) is 0 Å². The van der Waals surface area contributed by atoms with Crippen LogP contribution in [0.25, 0.3) is 0 Å². The lowest BCUT2D eigenvalue weighted by molar-refractivity contribution is -0.915. The van der Waals surface area contributed by atoms with E-state index in [1.165, 1.54) is 21.9 Å². The van der Waals surface area contributed by atoms with Crippen LogP contribution in [0.4, 0.5) is 10.1 Å². The molecule has 2 aromatic rings. The second kappa shape index (κ2) is 8.10. The number of quaternary nitrogens is 1. The molecule has 0 spiro atoms. The molecule has 28 heavy (non-hydrogen) atoms. The van der Waals surface area contributed by atoms with E-state index >= 15 is 0 Å². The van der Waals surface area contributed by atoms with Crippen LogP contribution in [0.2, 0.25) is 0 Å². The van der Waals surface area contributed by atoms with E-state index in [9.17, 15) is 14.0 Å². The number of carbonyl (C=O) groups is 2. The molecule has 0 bridgehead atoms. The summed E-state index contributed by atoms with van der Waals surface area (Å²) in [4.78, 5) is 30.1. The van der Waals surface area contributed by atoms with Crippen molar-refractivity contribution < 1.29 is 18.9 Å². The number of carbonyl (C=O) groups excluding carboxylic acids is 2. The molecule has 0 aliphatic carbocycles. The van der Waals surface area contributed by atoms with Gasteiger partial charge >= 0.3 is 0 Å². The van der Waals surface area contributed by atoms with Crippen LogP contribution < -0.4 is 9.80 Å². The number of nitrogens with zero attached hydrogens (tertiary/aromatic N) is 2. The number of benzene rings is 2. The third-order valence-electron chi connectivity index (χ3n) is 5.80. The zero-order chi connectivity index (χ0) is 19.5. The van der Waals surface area contributed by atoms with Gasteiger partial charge in [-0.05, 0) is 36.2 Å². The quantitative estimate of drug-likeness (QED) is 0.782. The summed E-state index contributed by atoms with van der Waals surface area (Å²) in [5, 5.41) is 0. The first-order chi connectivity index (χ1) is 13.6. The van der Waals surface area contributed by atoms with Crippen molar-refractivity contribution in [2.45, 2.75) is 18.9 Å². The predicted molar refractivity (Wildman–Crippen MR) is 105 cm³/mol. The van der Waals surface area contributed by atoms with Crippen LogP contribution in [0.1, 0.15) is 12.0 Å². The maximum atomic E-state index is 13.1. The Hall–Kier alpha value is -2.73. The van der Waals surface area contributed by atoms with Gasteiger partial charge in [0.25, 0.3) is 5.91 Å². The Morgan fingerprint density at radius 2 is 1.64 bits per heavy atom. The van der Waals surface area contributed by atoms with Crippen LogP contribution in [0.3, 0.4) is 0 Å². The van der Waals surface area contributed by atoms with Gasteiger partial charge in [-0.1, -0.05) is 30.3 Å². The fourth-order valence-corrected chi connectivity index (χ4v) is 4.18. The van der Waals surface area contributed by atoms with Crippen molar-refractivity contribution >= 4 is 17.5 Å². The smallest absolute Gasteiger partial charge is 0.288 e. The molecule has 2 aliphatic heterocycles. The summed E-state index contributed by atoms with van der Waals surface area (Å²) in [5.74, 6) is -0.329. The van der Waals surface area contributed by atoms with E-state index in [0.717, 1.165) is 37.4 Å². The normalized spacial score (nSPS) is 20.8. The molecule has 2 fully saturated rings. The van der Waals surface area contributed by atoms with Crippen LogP contribution in [0.5, 0.6) is 0 Å². The number of piperazine rings is 1. The van der Waals surface area contributed by atoms with Gasteiger partial charge in [0.15, 0.2) is 6.04 Å². The van der Waals surface area contributed by atoms with Crippen molar-refractivity contribution in [2.75, 3.05) is 37.6 Å². The molecule has 5 nitrogen and oxygen atoms in total. The highest BCUT2D eigenvalue weighted by Gasteiger charge is 2.45. The Balaban J connectivity index is 1.33. The standard InChI is InChI=1S/C22H24FN3O2/c23-18-6-8-19(9-7-18)24-12-14-25(15-13-24)20-16-21(27)26(22(20)28)11-10-17-4-2-1-3-5-17/h1-9,20H,10-16H2/p+1/t20-/m0/s1. The molecular formula is C22H25FN3O2+. The first-order valence-electron chi connectivity index (χ1n) is 9.85. The molecular weight excluding hydrogens is 357 g/mol. The SMILES string of the molecule is O=C1C[C@H]([NH+]2CCN(c3ccc(F)cc3)CC2)C(=O)N1CCc1ccccc1. The van der Waals surface area contributed by atoms with E-state index < -0.39 is 0 Å². The van der Waals surface area contributed by atoms with E-state index in [0.29, 0.717) is 19.4 Å². The van der Waals surface area contributed by atoms with E-state index in [2.05, 4.69) is 4.90 Å². The Morgan fingerprint density at radius 3 is 2.32 bits per heavy atom. The largest absolute Gasteiger partial charge is 0.360 e. The molecule has 0 aromatic heterocycles. The highest BCUT2D eigenvalue weighted by Crippen LogP contribution is 2.16. The molecule has 2 amide bonds. The summed E-state index contributed by atoms with van der Waals surface area (Å²) in [6, 6.07) is 16.2. The summed E-state index contributed by atoms with van der Waals surface area (Å²) >= 11 is 0. The molecule has 0 saturated carbocycles. The van der Waals surface area contributed by atoms with Crippen molar-refractivity contribution in [1.82, 2.24) is 4.90 Å². The molecule has 146 valence electrons. The number of nitrogens with one attached hydrogen (secondary N) is 1. The first-order valence-corrected chi connectivity index (χ1v) is 9.85. The van der Waals surface area contributed by atoms with Crippen molar-refractivity contribution in [3.05, 3.63) is 66.0 Å². The number of rotatable bonds is 5. The van der Waals surface area contributed by atoms with E-state index in [1.54, 1.807) is 12.1 Å². The lowest BCUT2D eigenvalue weighted by Crippen LogP contribution is -3.19. The maximum absolute atomic E-state index is 13.1. The predicted octanol–water partition coefficient (Wildman–Crippen LogP) is 0.901. The molecule has 2 saturated heterocycles. The topological polar surface area (TPSA) is 45.1 Å². The Kier molecular flexibility index (Phi) is 5.39. The first kappa shape index (κ1) is 18.6. The van der Waals surface area contributed by atoms with Crippen LogP contribution >= 0.6 is 0 Å². The van der Waals surface area contributed by atoms with Crippen molar-refractivity contribution in [3.63, 3.8) is 0 Å². The summed E-state index contributed by atoms with van der Waals surface area (Å²) in [6.07, 6.45) is 0.998. The minimum atomic E-state index is -0.265. The van der Waals surface area contributed by atoms with Gasteiger partial charge in [0.1, 0.15) is 5.82 Å². The molecule has 6 heteroatoms. The zero-order valence-electron chi connectivity index (χ0n) is 15.8. The second-order valence-electron chi connectivity index (χ2n) is 7.50. The molecule has 4 rings (SSSR count). The highest BCUT2D eigenvalue weighted by atomic mass is 19.1. The lowest BCUT2D eigenvalue weighted by atomic mass is 10.1. The second-order valence-corrected chi connectivity index (χ2v) is 7.50. The van der Waals surface area contributed by atoms with E-state index in [4.69, 9.17) is 0 Å². The minimum Gasteiger partial charge on any atom is -0.360 e. The summed E-state index contributed by atoms with van der Waals surface area (Å²) in [7, 11) is 0. The molecule has 1 N–H and O–H groups in total. The number of hydrogen-bond acceptors (Lipinski definition) is 3. The van der Waals surface area contributed by atoms with Gasteiger partial charge in [0.2, 0.25) is 5.91 Å². The fraction of sp³-hybridized carbons (Fsp3) is 0.364. The van der Waals surface area contributed by atoms with Crippen LogP contribution in [0.15, 0.2) is 54.6 Å². The van der Waals surface area contributed by atoms with Gasteiger partial charge in [-0.3, -0.25) is 14.5 Å². The number of hydrogen-bond donors (Lipinski definition) is 1. The van der Waals surface area contributed by atoms with E-state index in [-0.39, 0.29) is 23.7 Å². The number of likely N-dealkylation sites (tertiary alicyclic amines) is 1. The Morgan fingerprint density at radius 1 is 0.964 bits per heavy atom. The third-order valence-corrected chi connectivity index (χ3v) is 5.80. The van der Waals surface area contributed by atoms with Gasteiger partial charge in [-0.2, -0.15) is 0 Å². The van der Waals surface area contributed by atoms with E-state index in [1.807, 2.05) is 30.3 Å². The van der Waals surface area contributed by atoms with Crippen LogP contribution in [-0.4, -0.2) is 55.5 Å². The molecule has 2 aliphatic rings. The Labute approximate surface area is 164 Å². The molecule has 0 radical (unpaired) electrons. The average Bonchev–Trinajstić information content (AvgIpc) is 3.01. The molecule has 1 atom stereocenters. The van der Waals surface area contributed by atoms with Crippen molar-refractivity contribution in [1.29, 1.82) is 0 Å². The van der Waals surface area contributed by atoms with Gasteiger partial charge < -0.3 is 9.80 Å².